The maximum atomic E-state index is 13.5. The quantitative estimate of drug-likeness (QED) is 0.587. The predicted molar refractivity (Wildman–Crippen MR) is 38.5 cm³/mol. The SMILES string of the molecule is N#CC(O)C1(F)CCCCC1. The van der Waals surface area contributed by atoms with Gasteiger partial charge in [-0.15, -0.1) is 0 Å². The number of nitriles is 1. The molecule has 0 saturated heterocycles. The predicted octanol–water partition coefficient (Wildman–Crippen LogP) is 1.54. The first-order chi connectivity index (χ1) is 5.19. The number of aliphatic hydroxyl groups is 1. The van der Waals surface area contributed by atoms with E-state index in [4.69, 9.17) is 10.4 Å². The molecule has 0 aromatic rings. The van der Waals surface area contributed by atoms with Crippen LogP contribution in [-0.2, 0) is 0 Å². The molecule has 62 valence electrons. The summed E-state index contributed by atoms with van der Waals surface area (Å²) in [5.74, 6) is 0. The standard InChI is InChI=1S/C8H12FNO/c9-8(7(11)6-10)4-2-1-3-5-8/h7,11H,1-5H2. The molecule has 2 nitrogen and oxygen atoms in total. The van der Waals surface area contributed by atoms with E-state index >= 15 is 0 Å². The van der Waals surface area contributed by atoms with Crippen molar-refractivity contribution < 1.29 is 9.50 Å². The minimum Gasteiger partial charge on any atom is -0.375 e. The highest BCUT2D eigenvalue weighted by Crippen LogP contribution is 2.34. The van der Waals surface area contributed by atoms with Gasteiger partial charge in [0.05, 0.1) is 6.07 Å². The maximum Gasteiger partial charge on any atom is 0.174 e. The van der Waals surface area contributed by atoms with Gasteiger partial charge >= 0.3 is 0 Å². The van der Waals surface area contributed by atoms with Crippen LogP contribution >= 0.6 is 0 Å². The van der Waals surface area contributed by atoms with Crippen molar-refractivity contribution in [3.63, 3.8) is 0 Å². The molecule has 1 fully saturated rings. The van der Waals surface area contributed by atoms with Crippen molar-refractivity contribution in [2.45, 2.75) is 43.9 Å². The van der Waals surface area contributed by atoms with Gasteiger partial charge in [0, 0.05) is 0 Å². The average molecular weight is 157 g/mol. The minimum absolute atomic E-state index is 0.335. The highest BCUT2D eigenvalue weighted by molar-refractivity contribution is 5.00. The molecule has 0 heterocycles. The van der Waals surface area contributed by atoms with Crippen LogP contribution in [0.5, 0.6) is 0 Å². The summed E-state index contributed by atoms with van der Waals surface area (Å²) in [5, 5.41) is 17.3. The Morgan fingerprint density at radius 1 is 1.36 bits per heavy atom. The fourth-order valence-electron chi connectivity index (χ4n) is 1.53. The van der Waals surface area contributed by atoms with Crippen molar-refractivity contribution in [3.8, 4) is 6.07 Å². The summed E-state index contributed by atoms with van der Waals surface area (Å²) in [6.07, 6.45) is 1.83. The van der Waals surface area contributed by atoms with Gasteiger partial charge in [-0.05, 0) is 12.8 Å². The summed E-state index contributed by atoms with van der Waals surface area (Å²) in [5.41, 5.74) is -1.62. The third kappa shape index (κ3) is 1.69. The smallest absolute Gasteiger partial charge is 0.174 e. The zero-order valence-electron chi connectivity index (χ0n) is 6.39. The summed E-state index contributed by atoms with van der Waals surface area (Å²) in [6.45, 7) is 0. The Bertz CT molecular complexity index is 169. The molecule has 0 amide bonds. The van der Waals surface area contributed by atoms with Crippen LogP contribution < -0.4 is 0 Å². The molecule has 1 aliphatic rings. The van der Waals surface area contributed by atoms with Crippen LogP contribution in [0.2, 0.25) is 0 Å². The van der Waals surface area contributed by atoms with Crippen LogP contribution in [0.1, 0.15) is 32.1 Å². The van der Waals surface area contributed by atoms with Crippen molar-refractivity contribution in [2.75, 3.05) is 0 Å². The molecule has 1 N–H and O–H groups in total. The molecule has 0 aliphatic heterocycles. The Morgan fingerprint density at radius 3 is 2.36 bits per heavy atom. The maximum absolute atomic E-state index is 13.5. The third-order valence-electron chi connectivity index (χ3n) is 2.30. The number of nitrogens with zero attached hydrogens (tertiary/aromatic N) is 1. The van der Waals surface area contributed by atoms with Crippen LogP contribution in [-0.4, -0.2) is 16.9 Å². The molecule has 0 aromatic heterocycles. The van der Waals surface area contributed by atoms with E-state index in [1.807, 2.05) is 0 Å². The van der Waals surface area contributed by atoms with E-state index in [1.54, 1.807) is 6.07 Å². The van der Waals surface area contributed by atoms with E-state index < -0.39 is 11.8 Å². The number of hydrogen-bond donors (Lipinski definition) is 1. The fourth-order valence-corrected chi connectivity index (χ4v) is 1.53. The van der Waals surface area contributed by atoms with Crippen molar-refractivity contribution in [1.29, 1.82) is 5.26 Å². The van der Waals surface area contributed by atoms with E-state index in [0.29, 0.717) is 12.8 Å². The zero-order chi connectivity index (χ0) is 8.32. The Kier molecular flexibility index (Phi) is 2.45. The van der Waals surface area contributed by atoms with Gasteiger partial charge in [0.2, 0.25) is 0 Å². The monoisotopic (exact) mass is 157 g/mol. The van der Waals surface area contributed by atoms with Gasteiger partial charge in [-0.25, -0.2) is 4.39 Å². The second-order valence-electron chi connectivity index (χ2n) is 3.13. The molecule has 0 radical (unpaired) electrons. The lowest BCUT2D eigenvalue weighted by Crippen LogP contribution is -2.38. The van der Waals surface area contributed by atoms with Gasteiger partial charge in [-0.1, -0.05) is 19.3 Å². The number of alkyl halides is 1. The first-order valence-electron chi connectivity index (χ1n) is 3.96. The van der Waals surface area contributed by atoms with Crippen molar-refractivity contribution in [3.05, 3.63) is 0 Å². The van der Waals surface area contributed by atoms with E-state index in [2.05, 4.69) is 0 Å². The Morgan fingerprint density at radius 2 is 1.91 bits per heavy atom. The van der Waals surface area contributed by atoms with Crippen LogP contribution in [0.25, 0.3) is 0 Å². The lowest BCUT2D eigenvalue weighted by atomic mass is 9.83. The number of aliphatic hydroxyl groups excluding tert-OH is 1. The van der Waals surface area contributed by atoms with E-state index in [0.717, 1.165) is 19.3 Å². The molecule has 1 atom stereocenters. The minimum atomic E-state index is -1.62. The fraction of sp³-hybridized carbons (Fsp3) is 0.875. The molecule has 0 spiro atoms. The Balaban J connectivity index is 2.57. The van der Waals surface area contributed by atoms with Crippen molar-refractivity contribution in [2.24, 2.45) is 0 Å². The molecule has 11 heavy (non-hydrogen) atoms. The summed E-state index contributed by atoms with van der Waals surface area (Å²) in [6, 6.07) is 1.56. The highest BCUT2D eigenvalue weighted by atomic mass is 19.1. The van der Waals surface area contributed by atoms with Gasteiger partial charge in [-0.2, -0.15) is 5.26 Å². The largest absolute Gasteiger partial charge is 0.375 e. The first kappa shape index (κ1) is 8.48. The number of rotatable bonds is 1. The molecule has 1 aliphatic carbocycles. The second-order valence-corrected chi connectivity index (χ2v) is 3.13. The molecular weight excluding hydrogens is 145 g/mol. The first-order valence-corrected chi connectivity index (χ1v) is 3.96. The average Bonchev–Trinajstić information content (AvgIpc) is 2.04. The van der Waals surface area contributed by atoms with Crippen LogP contribution in [0.4, 0.5) is 4.39 Å². The number of hydrogen-bond acceptors (Lipinski definition) is 2. The van der Waals surface area contributed by atoms with Gasteiger partial charge in [0.1, 0.15) is 5.67 Å². The van der Waals surface area contributed by atoms with Gasteiger partial charge in [0.15, 0.2) is 6.10 Å². The summed E-state index contributed by atoms with van der Waals surface area (Å²) in [7, 11) is 0. The van der Waals surface area contributed by atoms with Crippen LogP contribution in [0.15, 0.2) is 0 Å². The topological polar surface area (TPSA) is 44.0 Å². The lowest BCUT2D eigenvalue weighted by Gasteiger charge is -2.30. The summed E-state index contributed by atoms with van der Waals surface area (Å²) in [4.78, 5) is 0. The summed E-state index contributed by atoms with van der Waals surface area (Å²) < 4.78 is 13.5. The van der Waals surface area contributed by atoms with Gasteiger partial charge < -0.3 is 5.11 Å². The molecule has 1 saturated carbocycles. The van der Waals surface area contributed by atoms with Gasteiger partial charge in [0.25, 0.3) is 0 Å². The molecule has 1 rings (SSSR count). The Hall–Kier alpha value is -0.620. The van der Waals surface area contributed by atoms with Crippen LogP contribution in [0.3, 0.4) is 0 Å². The van der Waals surface area contributed by atoms with E-state index in [9.17, 15) is 4.39 Å². The molecular formula is C8H12FNO. The van der Waals surface area contributed by atoms with E-state index in [1.165, 1.54) is 0 Å². The third-order valence-corrected chi connectivity index (χ3v) is 2.30. The molecule has 0 bridgehead atoms. The second kappa shape index (κ2) is 3.19. The molecule has 3 heteroatoms. The van der Waals surface area contributed by atoms with E-state index in [-0.39, 0.29) is 0 Å². The van der Waals surface area contributed by atoms with Gasteiger partial charge in [-0.3, -0.25) is 0 Å². The molecule has 0 aromatic carbocycles. The Labute approximate surface area is 65.6 Å². The zero-order valence-corrected chi connectivity index (χ0v) is 6.39. The summed E-state index contributed by atoms with van der Waals surface area (Å²) >= 11 is 0. The molecule has 1 unspecified atom stereocenters. The highest BCUT2D eigenvalue weighted by Gasteiger charge is 2.39. The normalized spacial score (nSPS) is 25.5. The van der Waals surface area contributed by atoms with Crippen molar-refractivity contribution in [1.82, 2.24) is 0 Å². The number of halogens is 1. The van der Waals surface area contributed by atoms with Crippen LogP contribution in [0, 0.1) is 11.3 Å². The lowest BCUT2D eigenvalue weighted by molar-refractivity contribution is -0.00317. The van der Waals surface area contributed by atoms with Crippen molar-refractivity contribution >= 4 is 0 Å².